The van der Waals surface area contributed by atoms with Crippen molar-refractivity contribution in [2.75, 3.05) is 0 Å². The first-order valence-corrected chi connectivity index (χ1v) is 12.7. The number of aromatic nitrogens is 4. The summed E-state index contributed by atoms with van der Waals surface area (Å²) >= 11 is 0. The van der Waals surface area contributed by atoms with Crippen LogP contribution < -0.4 is 30.1 Å². The van der Waals surface area contributed by atoms with Crippen LogP contribution in [-0.4, -0.2) is 56.1 Å². The van der Waals surface area contributed by atoms with E-state index in [1.54, 1.807) is 53.2 Å². The molecule has 0 radical (unpaired) electrons. The topological polar surface area (TPSA) is 138 Å². The fourth-order valence-electron chi connectivity index (χ4n) is 4.78. The molecule has 0 saturated carbocycles. The van der Waals surface area contributed by atoms with Crippen LogP contribution in [0.2, 0.25) is 0 Å². The monoisotopic (exact) mass is 537 g/mol. The van der Waals surface area contributed by atoms with Gasteiger partial charge in [-0.05, 0) is 17.0 Å². The van der Waals surface area contributed by atoms with Crippen LogP contribution in [0.1, 0.15) is 11.1 Å². The summed E-state index contributed by atoms with van der Waals surface area (Å²) in [6, 6.07) is 21.1. The van der Waals surface area contributed by atoms with Crippen molar-refractivity contribution in [2.45, 2.75) is 13.1 Å². The van der Waals surface area contributed by atoms with Gasteiger partial charge in [0.15, 0.2) is 13.1 Å². The van der Waals surface area contributed by atoms with E-state index in [2.05, 4.69) is 0 Å². The number of benzene rings is 3. The summed E-state index contributed by atoms with van der Waals surface area (Å²) in [5.74, 6) is 0. The standard InChI is InChI=1S/C27H28B3N4O6/c35-28(36)24-9-3-1-7-21(24)15-31-17-23(18-32(19-31)16-22-8-2-4-10-25(22)29(37)38)33-13-14-34(20-33)27-12-6-5-11-26(27)30(39)40/h1-14,17-20,35-40H,15-16H2/q+3. The lowest BCUT2D eigenvalue weighted by molar-refractivity contribution is -0.819. The Hall–Kier alpha value is -4.10. The fourth-order valence-corrected chi connectivity index (χ4v) is 4.78. The summed E-state index contributed by atoms with van der Waals surface area (Å²) in [5, 5.41) is 59.1. The molecule has 13 heteroatoms. The minimum Gasteiger partial charge on any atom is -0.423 e. The first-order chi connectivity index (χ1) is 19.3. The zero-order chi connectivity index (χ0) is 28.2. The van der Waals surface area contributed by atoms with Crippen molar-refractivity contribution in [1.82, 2.24) is 4.57 Å². The van der Waals surface area contributed by atoms with Crippen LogP contribution >= 0.6 is 0 Å². The largest absolute Gasteiger partial charge is 0.492 e. The first-order valence-electron chi connectivity index (χ1n) is 12.7. The van der Waals surface area contributed by atoms with Crippen LogP contribution in [0.5, 0.6) is 0 Å². The Morgan fingerprint density at radius 3 is 1.60 bits per heavy atom. The minimum absolute atomic E-state index is 0.340. The van der Waals surface area contributed by atoms with E-state index in [1.807, 2.05) is 75.3 Å². The van der Waals surface area contributed by atoms with Gasteiger partial charge in [-0.3, -0.25) is 0 Å². The zero-order valence-electron chi connectivity index (χ0n) is 21.5. The zero-order valence-corrected chi connectivity index (χ0v) is 21.5. The van der Waals surface area contributed by atoms with E-state index < -0.39 is 21.4 Å². The van der Waals surface area contributed by atoms with Crippen molar-refractivity contribution in [3.63, 3.8) is 0 Å². The third kappa shape index (κ3) is 6.05. The molecule has 5 rings (SSSR count). The van der Waals surface area contributed by atoms with Gasteiger partial charge in [0.05, 0.1) is 0 Å². The number of para-hydroxylation sites is 1. The Bertz CT molecular complexity index is 1560. The molecule has 0 atom stereocenters. The molecule has 0 aliphatic carbocycles. The molecule has 198 valence electrons. The van der Waals surface area contributed by atoms with Crippen molar-refractivity contribution in [3.05, 3.63) is 121 Å². The number of imidazole rings is 1. The predicted molar refractivity (Wildman–Crippen MR) is 148 cm³/mol. The maximum Gasteiger partial charge on any atom is 0.492 e. The lowest BCUT2D eigenvalue weighted by Gasteiger charge is -2.07. The molecule has 0 spiro atoms. The number of rotatable bonds is 9. The first kappa shape index (κ1) is 27.5. The van der Waals surface area contributed by atoms with E-state index in [9.17, 15) is 30.1 Å². The molecule has 10 nitrogen and oxygen atoms in total. The lowest BCUT2D eigenvalue weighted by atomic mass is 9.77. The molecule has 0 amide bonds. The second-order valence-electron chi connectivity index (χ2n) is 9.45. The second kappa shape index (κ2) is 12.0. The van der Waals surface area contributed by atoms with Crippen LogP contribution in [0.4, 0.5) is 0 Å². The molecule has 2 aromatic heterocycles. The van der Waals surface area contributed by atoms with E-state index >= 15 is 0 Å². The smallest absolute Gasteiger partial charge is 0.423 e. The third-order valence-electron chi connectivity index (χ3n) is 6.69. The van der Waals surface area contributed by atoms with Gasteiger partial charge in [0, 0.05) is 16.6 Å². The Morgan fingerprint density at radius 1 is 0.600 bits per heavy atom. The SMILES string of the molecule is OB(O)c1ccccc1C[n+]1cc(-n2cc[n+](-c3ccccc3B(O)O)c2)c[n+](Cc2ccccc2B(O)O)c1. The molecular formula is C27H28B3N4O6+3. The van der Waals surface area contributed by atoms with Crippen LogP contribution in [0.3, 0.4) is 0 Å². The Morgan fingerprint density at radius 2 is 1.07 bits per heavy atom. The normalized spacial score (nSPS) is 10.9. The molecule has 0 aliphatic rings. The number of hydrogen-bond acceptors (Lipinski definition) is 6. The molecule has 0 unspecified atom stereocenters. The van der Waals surface area contributed by atoms with Gasteiger partial charge in [-0.15, -0.1) is 9.13 Å². The van der Waals surface area contributed by atoms with Crippen LogP contribution in [0.15, 0.2) is 110 Å². The average Bonchev–Trinajstić information content (AvgIpc) is 3.44. The Kier molecular flexibility index (Phi) is 8.22. The highest BCUT2D eigenvalue weighted by molar-refractivity contribution is 6.60. The predicted octanol–water partition coefficient (Wildman–Crippen LogP) is -3.53. The summed E-state index contributed by atoms with van der Waals surface area (Å²) in [6.07, 6.45) is 11.1. The summed E-state index contributed by atoms with van der Waals surface area (Å²) in [7, 11) is -4.86. The number of nitrogens with zero attached hydrogens (tertiary/aromatic N) is 4. The highest BCUT2D eigenvalue weighted by Gasteiger charge is 2.26. The summed E-state index contributed by atoms with van der Waals surface area (Å²) < 4.78 is 7.47. The van der Waals surface area contributed by atoms with Crippen molar-refractivity contribution < 1.29 is 43.8 Å². The van der Waals surface area contributed by atoms with E-state index in [0.29, 0.717) is 35.2 Å². The Balaban J connectivity index is 1.58. The summed E-state index contributed by atoms with van der Waals surface area (Å²) in [4.78, 5) is 0. The molecule has 5 aromatic rings. The molecule has 0 aliphatic heterocycles. The van der Waals surface area contributed by atoms with Gasteiger partial charge in [-0.1, -0.05) is 66.7 Å². The van der Waals surface area contributed by atoms with Gasteiger partial charge in [-0.25, -0.2) is 4.57 Å². The van der Waals surface area contributed by atoms with E-state index in [0.717, 1.165) is 16.8 Å². The molecule has 0 fully saturated rings. The quantitative estimate of drug-likeness (QED) is 0.0853. The van der Waals surface area contributed by atoms with Crippen LogP contribution in [0, 0.1) is 0 Å². The van der Waals surface area contributed by atoms with Crippen LogP contribution in [0.25, 0.3) is 11.4 Å². The third-order valence-corrected chi connectivity index (χ3v) is 6.69. The minimum atomic E-state index is -1.63. The van der Waals surface area contributed by atoms with Crippen molar-refractivity contribution in [2.24, 2.45) is 0 Å². The molecule has 6 N–H and O–H groups in total. The molecular weight excluding hydrogens is 509 g/mol. The fraction of sp³-hybridized carbons (Fsp3) is 0.0741. The van der Waals surface area contributed by atoms with Gasteiger partial charge in [0.25, 0.3) is 12.0 Å². The van der Waals surface area contributed by atoms with Gasteiger partial charge in [-0.2, -0.15) is 4.57 Å². The highest BCUT2D eigenvalue weighted by atomic mass is 16.4. The molecule has 0 saturated heterocycles. The lowest BCUT2D eigenvalue weighted by Crippen LogP contribution is -2.50. The van der Waals surface area contributed by atoms with Gasteiger partial charge >= 0.3 is 27.7 Å². The van der Waals surface area contributed by atoms with Crippen LogP contribution in [-0.2, 0) is 13.1 Å². The van der Waals surface area contributed by atoms with E-state index in [4.69, 9.17) is 0 Å². The molecule has 0 bridgehead atoms. The summed E-state index contributed by atoms with van der Waals surface area (Å²) in [6.45, 7) is 0.680. The van der Waals surface area contributed by atoms with Crippen molar-refractivity contribution >= 4 is 37.7 Å². The second-order valence-corrected chi connectivity index (χ2v) is 9.45. The average molecular weight is 537 g/mol. The van der Waals surface area contributed by atoms with Crippen molar-refractivity contribution in [3.8, 4) is 11.4 Å². The van der Waals surface area contributed by atoms with Crippen molar-refractivity contribution in [1.29, 1.82) is 0 Å². The molecule has 40 heavy (non-hydrogen) atoms. The molecule has 2 heterocycles. The maximum atomic E-state index is 9.87. The summed E-state index contributed by atoms with van der Waals surface area (Å²) in [5.41, 5.74) is 3.99. The van der Waals surface area contributed by atoms with Gasteiger partial charge in [0.1, 0.15) is 18.1 Å². The van der Waals surface area contributed by atoms with Gasteiger partial charge < -0.3 is 30.1 Å². The molecule has 3 aromatic carbocycles. The maximum absolute atomic E-state index is 9.87. The van der Waals surface area contributed by atoms with Gasteiger partial charge in [0.2, 0.25) is 12.4 Å². The van der Waals surface area contributed by atoms with E-state index in [-0.39, 0.29) is 0 Å². The Labute approximate surface area is 232 Å². The number of hydrogen-bond donors (Lipinski definition) is 6. The highest BCUT2D eigenvalue weighted by Crippen LogP contribution is 2.05. The van der Waals surface area contributed by atoms with E-state index in [1.165, 1.54) is 0 Å².